The molecule has 0 aliphatic carbocycles. The normalized spacial score (nSPS) is 15.4. The van der Waals surface area contributed by atoms with Crippen LogP contribution in [0.25, 0.3) is 128 Å². The van der Waals surface area contributed by atoms with Gasteiger partial charge in [0.15, 0.2) is 8.07 Å². The first-order valence-electron chi connectivity index (χ1n) is 42.0. The fourth-order valence-electron chi connectivity index (χ4n) is 14.1. The Labute approximate surface area is 614 Å². The molecule has 98 heavy (non-hydrogen) atoms. The molecule has 0 saturated carbocycles. The van der Waals surface area contributed by atoms with Gasteiger partial charge in [0.2, 0.25) is 0 Å². The second kappa shape index (κ2) is 23.9. The molecule has 0 spiro atoms. The Bertz CT molecular complexity index is 6940. The third-order valence-corrected chi connectivity index (χ3v) is 22.7. The van der Waals surface area contributed by atoms with Crippen LogP contribution in [0, 0.1) is 32.2 Å². The van der Waals surface area contributed by atoms with Gasteiger partial charge >= 0.3 is 0 Å². The number of benzene rings is 13. The SMILES string of the molecule is [2H]c1c([2H])c([2H])c([Si](c2cc3c4c(c2)n(-c2[c-]c(Oc5[c-]c6c(cc5)c5ccccc5n6-c5cc(C(C)(C)C)ccn5)ccc2)[c-][n+]4-c2c(-c4ccc5oc6ccccc6c5c4)cc(-c4c(C([2H])([2H])[2H])cccc4C([2H])([2H])[2H])cc2-c2ccccc2-c2ccccc2-3)(c2c([2H])c([2H])c([2H])c([2H])c2[2H])c2c([2H])c([2H])c([2H])c([2H])c2[2H])c([2H])c1[2H].[Pt]. The van der Waals surface area contributed by atoms with E-state index >= 15 is 0 Å². The monoisotopic (exact) mass is 1480 g/mol. The van der Waals surface area contributed by atoms with Gasteiger partial charge in [-0.25, -0.2) is 4.98 Å². The second-order valence-electron chi connectivity index (χ2n) is 25.1. The number of imidazole rings is 1. The molecule has 1 aliphatic rings. The largest absolute Gasteiger partial charge is 0.510 e. The molecular formula is C90H64N4O2PtSi-2. The number of aromatic nitrogens is 4. The Kier molecular flexibility index (Phi) is 10.1. The Morgan fingerprint density at radius 3 is 1.78 bits per heavy atom. The first-order chi connectivity index (χ1) is 56.2. The van der Waals surface area contributed by atoms with Crippen LogP contribution in [0.2, 0.25) is 0 Å². The molecule has 0 N–H and O–H groups in total. The molecule has 18 rings (SSSR count). The number of fused-ring (bicyclic) bond motifs is 13. The molecule has 0 radical (unpaired) electrons. The molecule has 0 fully saturated rings. The summed E-state index contributed by atoms with van der Waals surface area (Å²) in [4.78, 5) is 4.89. The van der Waals surface area contributed by atoms with Crippen molar-refractivity contribution in [2.24, 2.45) is 0 Å². The van der Waals surface area contributed by atoms with Crippen LogP contribution in [0.4, 0.5) is 0 Å². The van der Waals surface area contributed by atoms with Crippen LogP contribution < -0.4 is 30.1 Å². The van der Waals surface area contributed by atoms with E-state index in [1.165, 1.54) is 24.3 Å². The predicted molar refractivity (Wildman–Crippen MR) is 400 cm³/mol. The molecule has 4 aromatic heterocycles. The van der Waals surface area contributed by atoms with Gasteiger partial charge in [-0.2, -0.15) is 18.2 Å². The Morgan fingerprint density at radius 2 is 1.09 bits per heavy atom. The number of aryl methyl sites for hydroxylation is 2. The van der Waals surface area contributed by atoms with Crippen molar-refractivity contribution >= 4 is 83.6 Å². The van der Waals surface area contributed by atoms with Crippen molar-refractivity contribution < 1.29 is 63.6 Å². The van der Waals surface area contributed by atoms with E-state index in [0.29, 0.717) is 72.5 Å². The van der Waals surface area contributed by atoms with E-state index in [4.69, 9.17) is 26.5 Å². The van der Waals surface area contributed by atoms with Gasteiger partial charge in [0.05, 0.1) is 37.3 Å². The number of hydrogen-bond donors (Lipinski definition) is 0. The van der Waals surface area contributed by atoms with E-state index in [2.05, 4.69) is 39.2 Å². The Hall–Kier alpha value is -11.2. The van der Waals surface area contributed by atoms with E-state index in [9.17, 15) is 16.4 Å². The maximum Gasteiger partial charge on any atom is 0.268 e. The summed E-state index contributed by atoms with van der Waals surface area (Å²) in [5.74, 6) is 1.01. The van der Waals surface area contributed by atoms with Gasteiger partial charge in [0.1, 0.15) is 17.0 Å². The summed E-state index contributed by atoms with van der Waals surface area (Å²) in [6.07, 6.45) is 5.52. The number of ether oxygens (including phenoxy) is 1. The summed E-state index contributed by atoms with van der Waals surface area (Å²) in [7, 11) is -6.00. The summed E-state index contributed by atoms with van der Waals surface area (Å²) in [5.41, 5.74) is 7.15. The molecule has 0 bridgehead atoms. The number of rotatable bonds is 10. The van der Waals surface area contributed by atoms with E-state index in [1.807, 2.05) is 114 Å². The van der Waals surface area contributed by atoms with Gasteiger partial charge in [-0.05, 0) is 172 Å². The summed E-state index contributed by atoms with van der Waals surface area (Å²) in [5, 5.41) is 0.812. The third kappa shape index (κ3) is 9.77. The van der Waals surface area contributed by atoms with Crippen LogP contribution in [-0.4, -0.2) is 22.2 Å². The van der Waals surface area contributed by atoms with Gasteiger partial charge in [-0.1, -0.05) is 238 Å². The van der Waals surface area contributed by atoms with Crippen LogP contribution in [0.1, 0.15) is 66.2 Å². The number of pyridine rings is 1. The van der Waals surface area contributed by atoms with Gasteiger partial charge in [-0.3, -0.25) is 4.57 Å². The Morgan fingerprint density at radius 1 is 0.490 bits per heavy atom. The summed E-state index contributed by atoms with van der Waals surface area (Å²) in [6.45, 7) is 0.598. The standard InChI is InChI=1S/C90H64N4O2Si.Pt/c1-58-25-23-26-59(2)87(58)61-50-77(60-43-46-85-78(49-60)76-40-20-22-42-84(76)96-85)88-79(51-61)72-37-17-15-35-70(72)71-36-16-18-38-73(71)80-55-69(97(66-29-9-6-10-30-66,67-31-11-7-12-32-67)68-33-13-8-14-34-68)56-83-89(80)93(88)57-92(83)63-27-24-28-64(53-63)95-65-44-45-75-74-39-19-21-41-81(74)94(82(75)54-65)86-52-62(47-48-91-86)90(3,4)5;/h6-52,55-56H,1-5H3;/q-2;/i1D3,2D3,6D,7D,8D,9D,10D,11D,12D,13D,14D,29D,30D,31D,32D,33D,34D;. The van der Waals surface area contributed by atoms with Crippen molar-refractivity contribution in [1.29, 1.82) is 0 Å². The number of furan rings is 1. The first-order valence-corrected chi connectivity index (χ1v) is 33.5. The first kappa shape index (κ1) is 41.7. The molecule has 0 amide bonds. The van der Waals surface area contributed by atoms with Gasteiger partial charge in [0, 0.05) is 63.3 Å². The van der Waals surface area contributed by atoms with Crippen molar-refractivity contribution in [3.05, 3.63) is 332 Å². The van der Waals surface area contributed by atoms with Crippen molar-refractivity contribution in [1.82, 2.24) is 14.1 Å². The minimum Gasteiger partial charge on any atom is -0.510 e. The zero-order valence-corrected chi connectivity index (χ0v) is 55.8. The van der Waals surface area contributed by atoms with Crippen molar-refractivity contribution in [3.8, 4) is 84.3 Å². The predicted octanol–water partition coefficient (Wildman–Crippen LogP) is 19.4. The molecule has 472 valence electrons. The van der Waals surface area contributed by atoms with Crippen LogP contribution in [-0.2, 0) is 26.5 Å². The van der Waals surface area contributed by atoms with Gasteiger partial charge in [-0.15, -0.1) is 29.7 Å². The minimum absolute atomic E-state index is 0. The Balaban J connectivity index is 0.0000101. The smallest absolute Gasteiger partial charge is 0.268 e. The van der Waals surface area contributed by atoms with E-state index in [1.54, 1.807) is 82.1 Å². The molecule has 0 saturated heterocycles. The summed E-state index contributed by atoms with van der Waals surface area (Å²) < 4.78 is 219. The molecule has 6 nitrogen and oxygen atoms in total. The molecule has 5 heterocycles. The number of para-hydroxylation sites is 2. The average Bonchev–Trinajstić information content (AvgIpc) is 1.54. The van der Waals surface area contributed by atoms with Gasteiger partial charge in [0.25, 0.3) is 6.33 Å². The molecule has 17 aromatic rings. The fourth-order valence-corrected chi connectivity index (χ4v) is 18.0. The zero-order valence-electron chi connectivity index (χ0n) is 73.6. The molecule has 1 aliphatic heterocycles. The van der Waals surface area contributed by atoms with Crippen molar-refractivity contribution in [3.63, 3.8) is 0 Å². The van der Waals surface area contributed by atoms with Crippen molar-refractivity contribution in [2.45, 2.75) is 39.9 Å². The maximum absolute atomic E-state index is 10.2. The average molecular weight is 1480 g/mol. The molecule has 13 aromatic carbocycles. The molecule has 8 heteroatoms. The summed E-state index contributed by atoms with van der Waals surface area (Å²) in [6, 6.07) is 52.0. The van der Waals surface area contributed by atoms with Crippen molar-refractivity contribution in [2.75, 3.05) is 0 Å². The van der Waals surface area contributed by atoms with E-state index < -0.39 is 128 Å². The van der Waals surface area contributed by atoms with Crippen LogP contribution in [0.15, 0.2) is 301 Å². The molecule has 0 unspecified atom stereocenters. The van der Waals surface area contributed by atoms with Crippen LogP contribution >= 0.6 is 0 Å². The summed E-state index contributed by atoms with van der Waals surface area (Å²) >= 11 is 0. The quantitative estimate of drug-likeness (QED) is 0.0593. The zero-order chi connectivity index (χ0) is 83.2. The maximum atomic E-state index is 10.2. The topological polar surface area (TPSA) is 49.0 Å². The number of hydrogen-bond acceptors (Lipinski definition) is 3. The van der Waals surface area contributed by atoms with E-state index in [0.717, 1.165) is 27.2 Å². The molecule has 0 atom stereocenters. The van der Waals surface area contributed by atoms with Crippen LogP contribution in [0.5, 0.6) is 11.5 Å². The molecular weight excluding hydrogens is 1390 g/mol. The fraction of sp³-hybridized carbons (Fsp3) is 0.0667. The minimum atomic E-state index is -6.00. The number of nitrogens with zero attached hydrogens (tertiary/aromatic N) is 4. The van der Waals surface area contributed by atoms with Crippen LogP contribution in [0.3, 0.4) is 0 Å². The third-order valence-electron chi connectivity index (χ3n) is 18.5. The van der Waals surface area contributed by atoms with Gasteiger partial charge < -0.3 is 18.3 Å². The van der Waals surface area contributed by atoms with E-state index in [-0.39, 0.29) is 87.7 Å². The second-order valence-corrected chi connectivity index (χ2v) is 28.6.